The highest BCUT2D eigenvalue weighted by Crippen LogP contribution is 2.43. The average Bonchev–Trinajstić information content (AvgIpc) is 2.34. The molecule has 4 nitrogen and oxygen atoms in total. The van der Waals surface area contributed by atoms with Gasteiger partial charge in [0.15, 0.2) is 0 Å². The number of carboxylic acid groups (broad SMARTS) is 1. The number of benzene rings is 1. The molecule has 1 atom stereocenters. The largest absolute Gasteiger partial charge is 0.493 e. The maximum absolute atomic E-state index is 14.4. The van der Waals surface area contributed by atoms with Gasteiger partial charge in [-0.3, -0.25) is 0 Å². The lowest BCUT2D eigenvalue weighted by Gasteiger charge is -2.38. The van der Waals surface area contributed by atoms with E-state index in [1.807, 2.05) is 0 Å². The van der Waals surface area contributed by atoms with Crippen LogP contribution in [0.1, 0.15) is 36.3 Å². The number of ether oxygens (including phenoxy) is 1. The molecular weight excluding hydrogens is 320 g/mol. The Morgan fingerprint density at radius 3 is 2.71 bits per heavy atom. The van der Waals surface area contributed by atoms with Crippen LogP contribution in [0.15, 0.2) is 6.07 Å². The number of hydrogen-bond acceptors (Lipinski definition) is 2. The Kier molecular flexibility index (Phi) is 4.84. The first-order valence-corrected chi connectivity index (χ1v) is 7.44. The first-order chi connectivity index (χ1) is 9.86. The van der Waals surface area contributed by atoms with E-state index in [4.69, 9.17) is 33.0 Å². The summed E-state index contributed by atoms with van der Waals surface area (Å²) in [6.45, 7) is 4.36. The molecule has 1 aliphatic heterocycles. The van der Waals surface area contributed by atoms with Gasteiger partial charge in [0, 0.05) is 30.1 Å². The topological polar surface area (TPSA) is 49.8 Å². The van der Waals surface area contributed by atoms with Crippen LogP contribution in [-0.4, -0.2) is 35.8 Å². The van der Waals surface area contributed by atoms with Gasteiger partial charge < -0.3 is 14.7 Å². The Morgan fingerprint density at radius 2 is 2.24 bits per heavy atom. The van der Waals surface area contributed by atoms with Crippen LogP contribution in [-0.2, 0) is 0 Å². The van der Waals surface area contributed by atoms with Crippen LogP contribution in [0.25, 0.3) is 0 Å². The number of rotatable bonds is 4. The number of likely N-dealkylation sites (tertiary alicyclic amines) is 1. The fraction of sp³-hybridized carbons (Fsp3) is 0.500. The second kappa shape index (κ2) is 6.28. The minimum Gasteiger partial charge on any atom is -0.493 e. The zero-order chi connectivity index (χ0) is 15.7. The lowest BCUT2D eigenvalue weighted by atomic mass is 9.88. The quantitative estimate of drug-likeness (QED) is 0.836. The van der Waals surface area contributed by atoms with E-state index < -0.39 is 11.9 Å². The monoisotopic (exact) mass is 335 g/mol. The molecule has 1 unspecified atom stereocenters. The van der Waals surface area contributed by atoms with Gasteiger partial charge in [-0.2, -0.15) is 0 Å². The molecule has 21 heavy (non-hydrogen) atoms. The van der Waals surface area contributed by atoms with Gasteiger partial charge in [-0.1, -0.05) is 11.6 Å². The third-order valence-corrected chi connectivity index (χ3v) is 4.02. The third-order valence-electron chi connectivity index (χ3n) is 3.51. The number of amides is 1. The van der Waals surface area contributed by atoms with Crippen LogP contribution in [0.2, 0.25) is 5.02 Å². The van der Waals surface area contributed by atoms with Crippen LogP contribution >= 0.6 is 23.2 Å². The number of halogens is 3. The smallest absolute Gasteiger partial charge is 0.407 e. The Labute approximate surface area is 132 Å². The summed E-state index contributed by atoms with van der Waals surface area (Å²) in [5.74, 6) is -0.441. The summed E-state index contributed by atoms with van der Waals surface area (Å²) in [6, 6.07) is 1.47. The van der Waals surface area contributed by atoms with Crippen LogP contribution < -0.4 is 4.74 Å². The number of alkyl halides is 1. The van der Waals surface area contributed by atoms with Crippen molar-refractivity contribution in [3.05, 3.63) is 28.0 Å². The molecule has 0 aromatic heterocycles. The Bertz CT molecular complexity index is 560. The van der Waals surface area contributed by atoms with Crippen molar-refractivity contribution in [2.45, 2.75) is 25.1 Å². The normalized spacial score (nSPS) is 16.5. The highest BCUT2D eigenvalue weighted by molar-refractivity contribution is 6.31. The van der Waals surface area contributed by atoms with Gasteiger partial charge in [-0.05, 0) is 19.9 Å². The summed E-state index contributed by atoms with van der Waals surface area (Å²) in [6.07, 6.45) is -1.02. The van der Waals surface area contributed by atoms with Crippen molar-refractivity contribution in [2.75, 3.05) is 19.7 Å². The first-order valence-electron chi connectivity index (χ1n) is 6.63. The molecule has 1 heterocycles. The highest BCUT2D eigenvalue weighted by atomic mass is 35.5. The molecule has 1 saturated heterocycles. The van der Waals surface area contributed by atoms with Crippen molar-refractivity contribution in [1.82, 2.24) is 4.90 Å². The predicted octanol–water partition coefficient (Wildman–Crippen LogP) is 4.25. The molecule has 0 aliphatic carbocycles. The van der Waals surface area contributed by atoms with Gasteiger partial charge in [0.05, 0.1) is 17.0 Å². The lowest BCUT2D eigenvalue weighted by molar-refractivity contribution is 0.103. The summed E-state index contributed by atoms with van der Waals surface area (Å²) < 4.78 is 20.0. The van der Waals surface area contributed by atoms with Crippen LogP contribution in [0, 0.1) is 5.82 Å². The van der Waals surface area contributed by atoms with Gasteiger partial charge in [0.25, 0.3) is 0 Å². The van der Waals surface area contributed by atoms with Crippen LogP contribution in [0.4, 0.5) is 9.18 Å². The summed E-state index contributed by atoms with van der Waals surface area (Å²) in [7, 11) is 0. The molecule has 1 aliphatic rings. The van der Waals surface area contributed by atoms with Crippen LogP contribution in [0.3, 0.4) is 0 Å². The molecule has 1 aromatic carbocycles. The summed E-state index contributed by atoms with van der Waals surface area (Å²) >= 11 is 12.1. The minimum atomic E-state index is -1.02. The van der Waals surface area contributed by atoms with E-state index in [1.54, 1.807) is 13.8 Å². The van der Waals surface area contributed by atoms with Crippen molar-refractivity contribution in [1.29, 1.82) is 0 Å². The molecule has 116 valence electrons. The van der Waals surface area contributed by atoms with Crippen molar-refractivity contribution >= 4 is 29.3 Å². The molecule has 0 spiro atoms. The number of nitrogens with zero attached hydrogens (tertiary/aromatic N) is 1. The van der Waals surface area contributed by atoms with Gasteiger partial charge in [-0.25, -0.2) is 9.18 Å². The van der Waals surface area contributed by atoms with Crippen molar-refractivity contribution in [2.24, 2.45) is 0 Å². The Morgan fingerprint density at radius 1 is 1.62 bits per heavy atom. The SMILES string of the molecule is CCOc1c(C(C)Cl)cc(Cl)c(F)c1C1CN(C(=O)O)C1. The summed E-state index contributed by atoms with van der Waals surface area (Å²) in [4.78, 5) is 12.1. The van der Waals surface area contributed by atoms with E-state index in [-0.39, 0.29) is 29.4 Å². The second-order valence-electron chi connectivity index (χ2n) is 4.94. The Balaban J connectivity index is 2.45. The third kappa shape index (κ3) is 3.04. The lowest BCUT2D eigenvalue weighted by Crippen LogP contribution is -2.48. The molecule has 1 amide bonds. The fourth-order valence-corrected chi connectivity index (χ4v) is 2.81. The highest BCUT2D eigenvalue weighted by Gasteiger charge is 2.37. The van der Waals surface area contributed by atoms with E-state index in [2.05, 4.69) is 0 Å². The zero-order valence-electron chi connectivity index (χ0n) is 11.7. The maximum Gasteiger partial charge on any atom is 0.407 e. The Hall–Kier alpha value is -1.20. The zero-order valence-corrected chi connectivity index (χ0v) is 13.2. The van der Waals surface area contributed by atoms with E-state index >= 15 is 0 Å². The molecule has 1 aromatic rings. The molecule has 1 fully saturated rings. The van der Waals surface area contributed by atoms with Crippen molar-refractivity contribution in [3.63, 3.8) is 0 Å². The molecule has 0 saturated carbocycles. The first kappa shape index (κ1) is 16.2. The fourth-order valence-electron chi connectivity index (χ4n) is 2.43. The minimum absolute atomic E-state index is 0.0234. The molecular formula is C14H16Cl2FNO3. The predicted molar refractivity (Wildman–Crippen MR) is 79.2 cm³/mol. The molecule has 7 heteroatoms. The van der Waals surface area contributed by atoms with E-state index in [1.165, 1.54) is 11.0 Å². The van der Waals surface area contributed by atoms with Gasteiger partial charge in [-0.15, -0.1) is 11.6 Å². The van der Waals surface area contributed by atoms with E-state index in [0.29, 0.717) is 23.5 Å². The van der Waals surface area contributed by atoms with E-state index in [0.717, 1.165) is 0 Å². The molecule has 0 bridgehead atoms. The van der Waals surface area contributed by atoms with Crippen molar-refractivity contribution < 1.29 is 19.0 Å². The van der Waals surface area contributed by atoms with E-state index in [9.17, 15) is 9.18 Å². The number of hydrogen-bond donors (Lipinski definition) is 1. The number of carbonyl (C=O) groups is 1. The standard InChI is InChI=1S/C14H16Cl2FNO3/c1-3-21-13-9(7(2)15)4-10(16)12(17)11(13)8-5-18(6-8)14(19)20/h4,7-8H,3,5-6H2,1-2H3,(H,19,20). The molecule has 2 rings (SSSR count). The molecule has 0 radical (unpaired) electrons. The molecule has 1 N–H and O–H groups in total. The van der Waals surface area contributed by atoms with Gasteiger partial charge >= 0.3 is 6.09 Å². The van der Waals surface area contributed by atoms with Gasteiger partial charge in [0.2, 0.25) is 0 Å². The maximum atomic E-state index is 14.4. The van der Waals surface area contributed by atoms with Gasteiger partial charge in [0.1, 0.15) is 11.6 Å². The second-order valence-corrected chi connectivity index (χ2v) is 6.00. The average molecular weight is 336 g/mol. The summed E-state index contributed by atoms with van der Waals surface area (Å²) in [5.41, 5.74) is 0.943. The van der Waals surface area contributed by atoms with Crippen LogP contribution in [0.5, 0.6) is 5.75 Å². The van der Waals surface area contributed by atoms with Crippen molar-refractivity contribution in [3.8, 4) is 5.75 Å². The summed E-state index contributed by atoms with van der Waals surface area (Å²) in [5, 5.41) is 8.48.